The van der Waals surface area contributed by atoms with Crippen LogP contribution in [0.25, 0.3) is 0 Å². The zero-order chi connectivity index (χ0) is 16.6. The van der Waals surface area contributed by atoms with Gasteiger partial charge in [-0.05, 0) is 26.0 Å². The van der Waals surface area contributed by atoms with Crippen molar-refractivity contribution in [1.82, 2.24) is 5.32 Å². The second kappa shape index (κ2) is 8.16. The minimum Gasteiger partial charge on any atom is -0.469 e. The van der Waals surface area contributed by atoms with Crippen LogP contribution in [0, 0.1) is 0 Å². The third-order valence-corrected chi connectivity index (χ3v) is 2.74. The first-order valence-electron chi connectivity index (χ1n) is 6.74. The van der Waals surface area contributed by atoms with Crippen molar-refractivity contribution in [3.8, 4) is 0 Å². The van der Waals surface area contributed by atoms with Gasteiger partial charge in [0.15, 0.2) is 6.67 Å². The molecule has 1 aromatic heterocycles. The lowest BCUT2D eigenvalue weighted by Gasteiger charge is -2.28. The van der Waals surface area contributed by atoms with Crippen LogP contribution >= 0.6 is 0 Å². The number of alkyl halides is 1. The summed E-state index contributed by atoms with van der Waals surface area (Å²) < 4.78 is 27.4. The standard InChI is InChI=1S/C14H18FNO6/c1-3-20-12(18)14(13(19)21-4-2,16-11(17)9-15)8-10-6-5-7-22-10/h5-7H,3-4,8-9H2,1-2H3,(H,16,17). The van der Waals surface area contributed by atoms with E-state index in [0.29, 0.717) is 0 Å². The average Bonchev–Trinajstić information content (AvgIpc) is 2.99. The van der Waals surface area contributed by atoms with Crippen molar-refractivity contribution < 1.29 is 32.7 Å². The van der Waals surface area contributed by atoms with Crippen molar-refractivity contribution in [3.05, 3.63) is 24.2 Å². The Bertz CT molecular complexity index is 495. The van der Waals surface area contributed by atoms with Gasteiger partial charge in [-0.1, -0.05) is 0 Å². The van der Waals surface area contributed by atoms with E-state index in [4.69, 9.17) is 13.9 Å². The fourth-order valence-corrected chi connectivity index (χ4v) is 1.83. The summed E-state index contributed by atoms with van der Waals surface area (Å²) >= 11 is 0. The second-order valence-corrected chi connectivity index (χ2v) is 4.28. The molecule has 7 nitrogen and oxygen atoms in total. The summed E-state index contributed by atoms with van der Waals surface area (Å²) in [5, 5.41) is 2.06. The molecule has 22 heavy (non-hydrogen) atoms. The first-order valence-corrected chi connectivity index (χ1v) is 6.74. The van der Waals surface area contributed by atoms with Gasteiger partial charge in [-0.2, -0.15) is 0 Å². The molecule has 122 valence electrons. The highest BCUT2D eigenvalue weighted by Crippen LogP contribution is 2.19. The molecule has 0 saturated carbocycles. The quantitative estimate of drug-likeness (QED) is 0.562. The number of carbonyl (C=O) groups excluding carboxylic acids is 3. The molecular formula is C14H18FNO6. The molecule has 0 spiro atoms. The molecule has 8 heteroatoms. The minimum atomic E-state index is -2.19. The SMILES string of the molecule is CCOC(=O)C(Cc1ccco1)(NC(=O)CF)C(=O)OCC. The number of hydrogen-bond acceptors (Lipinski definition) is 6. The van der Waals surface area contributed by atoms with Crippen molar-refractivity contribution in [1.29, 1.82) is 0 Å². The molecule has 0 radical (unpaired) electrons. The molecule has 0 aliphatic carbocycles. The molecular weight excluding hydrogens is 297 g/mol. The van der Waals surface area contributed by atoms with Crippen molar-refractivity contribution >= 4 is 17.8 Å². The molecule has 0 bridgehead atoms. The summed E-state index contributed by atoms with van der Waals surface area (Å²) in [4.78, 5) is 36.0. The first kappa shape index (κ1) is 17.7. The van der Waals surface area contributed by atoms with E-state index in [9.17, 15) is 18.8 Å². The maximum absolute atomic E-state index is 12.6. The molecule has 0 aliphatic heterocycles. The van der Waals surface area contributed by atoms with Gasteiger partial charge in [0.1, 0.15) is 5.76 Å². The van der Waals surface area contributed by atoms with Crippen LogP contribution < -0.4 is 5.32 Å². The van der Waals surface area contributed by atoms with E-state index >= 15 is 0 Å². The fraction of sp³-hybridized carbons (Fsp3) is 0.500. The molecule has 0 atom stereocenters. The largest absolute Gasteiger partial charge is 0.469 e. The number of hydrogen-bond donors (Lipinski definition) is 1. The molecule has 1 N–H and O–H groups in total. The van der Waals surface area contributed by atoms with Gasteiger partial charge < -0.3 is 19.2 Å². The van der Waals surface area contributed by atoms with Crippen LogP contribution in [0.2, 0.25) is 0 Å². The van der Waals surface area contributed by atoms with Gasteiger partial charge in [-0.15, -0.1) is 0 Å². The van der Waals surface area contributed by atoms with Crippen LogP contribution in [0.1, 0.15) is 19.6 Å². The maximum Gasteiger partial charge on any atom is 0.344 e. The Morgan fingerprint density at radius 3 is 2.23 bits per heavy atom. The van der Waals surface area contributed by atoms with Gasteiger partial charge in [-0.3, -0.25) is 4.79 Å². The summed E-state index contributed by atoms with van der Waals surface area (Å²) in [5.41, 5.74) is -2.19. The lowest BCUT2D eigenvalue weighted by Crippen LogP contribution is -2.63. The zero-order valence-corrected chi connectivity index (χ0v) is 12.4. The summed E-state index contributed by atoms with van der Waals surface area (Å²) in [6.45, 7) is 1.64. The van der Waals surface area contributed by atoms with Crippen molar-refractivity contribution in [2.24, 2.45) is 0 Å². The molecule has 0 aromatic carbocycles. The van der Waals surface area contributed by atoms with Gasteiger partial charge in [0, 0.05) is 0 Å². The Labute approximate surface area is 126 Å². The lowest BCUT2D eigenvalue weighted by atomic mass is 9.93. The van der Waals surface area contributed by atoms with Gasteiger partial charge >= 0.3 is 11.9 Å². The summed E-state index contributed by atoms with van der Waals surface area (Å²) in [6, 6.07) is 3.06. The van der Waals surface area contributed by atoms with Crippen LogP contribution in [-0.4, -0.2) is 43.3 Å². The van der Waals surface area contributed by atoms with E-state index in [0.717, 1.165) is 0 Å². The molecule has 0 saturated heterocycles. The molecule has 1 amide bonds. The monoisotopic (exact) mass is 315 g/mol. The van der Waals surface area contributed by atoms with Crippen LogP contribution in [0.4, 0.5) is 4.39 Å². The molecule has 0 unspecified atom stereocenters. The highest BCUT2D eigenvalue weighted by molar-refractivity contribution is 6.08. The Balaban J connectivity index is 3.23. The van der Waals surface area contributed by atoms with Crippen LogP contribution in [0.15, 0.2) is 22.8 Å². The van der Waals surface area contributed by atoms with Gasteiger partial charge in [0.2, 0.25) is 5.54 Å². The van der Waals surface area contributed by atoms with Crippen LogP contribution in [0.5, 0.6) is 0 Å². The minimum absolute atomic E-state index is 0.0242. The number of carbonyl (C=O) groups is 3. The van der Waals surface area contributed by atoms with Crippen molar-refractivity contribution in [2.75, 3.05) is 19.9 Å². The third-order valence-electron chi connectivity index (χ3n) is 2.74. The van der Waals surface area contributed by atoms with Gasteiger partial charge in [-0.25, -0.2) is 14.0 Å². The number of nitrogens with one attached hydrogen (secondary N) is 1. The predicted octanol–water partition coefficient (Wildman–Crippen LogP) is 0.773. The second-order valence-electron chi connectivity index (χ2n) is 4.28. The van der Waals surface area contributed by atoms with Gasteiger partial charge in [0.05, 0.1) is 25.9 Å². The van der Waals surface area contributed by atoms with E-state index in [-0.39, 0.29) is 25.4 Å². The molecule has 1 aromatic rings. The topological polar surface area (TPSA) is 94.8 Å². The van der Waals surface area contributed by atoms with E-state index < -0.39 is 30.1 Å². The number of ether oxygens (including phenoxy) is 2. The lowest BCUT2D eigenvalue weighted by molar-refractivity contribution is -0.168. The predicted molar refractivity (Wildman–Crippen MR) is 72.5 cm³/mol. The molecule has 1 rings (SSSR count). The number of halogens is 1. The summed E-state index contributed by atoms with van der Waals surface area (Å²) in [7, 11) is 0. The van der Waals surface area contributed by atoms with Crippen molar-refractivity contribution in [3.63, 3.8) is 0 Å². The van der Waals surface area contributed by atoms with E-state index in [1.54, 1.807) is 6.07 Å². The normalized spacial score (nSPS) is 10.9. The number of esters is 2. The Morgan fingerprint density at radius 1 is 1.23 bits per heavy atom. The van der Waals surface area contributed by atoms with E-state index in [1.165, 1.54) is 26.2 Å². The number of rotatable bonds is 8. The van der Waals surface area contributed by atoms with E-state index in [2.05, 4.69) is 5.32 Å². The first-order chi connectivity index (χ1) is 10.5. The summed E-state index contributed by atoms with van der Waals surface area (Å²) in [5.74, 6) is -2.97. The van der Waals surface area contributed by atoms with Crippen molar-refractivity contribution in [2.45, 2.75) is 25.8 Å². The molecule has 1 heterocycles. The number of furan rings is 1. The maximum atomic E-state index is 12.6. The smallest absolute Gasteiger partial charge is 0.344 e. The zero-order valence-electron chi connectivity index (χ0n) is 12.4. The van der Waals surface area contributed by atoms with Crippen LogP contribution in [0.3, 0.4) is 0 Å². The average molecular weight is 315 g/mol. The fourth-order valence-electron chi connectivity index (χ4n) is 1.83. The highest BCUT2D eigenvalue weighted by atomic mass is 19.1. The third kappa shape index (κ3) is 4.06. The number of amides is 1. The van der Waals surface area contributed by atoms with Crippen LogP contribution in [-0.2, 0) is 30.3 Å². The molecule has 0 aliphatic rings. The van der Waals surface area contributed by atoms with E-state index in [1.807, 2.05) is 0 Å². The van der Waals surface area contributed by atoms with Gasteiger partial charge in [0.25, 0.3) is 5.91 Å². The Hall–Kier alpha value is -2.38. The Kier molecular flexibility index (Phi) is 6.55. The summed E-state index contributed by atoms with van der Waals surface area (Å²) in [6.07, 6.45) is 0.997. The Morgan fingerprint density at radius 2 is 1.82 bits per heavy atom. The highest BCUT2D eigenvalue weighted by Gasteiger charge is 2.51. The molecule has 0 fully saturated rings.